The molecule has 0 saturated heterocycles. The largest absolute Gasteiger partial charge is 0.362 e. The summed E-state index contributed by atoms with van der Waals surface area (Å²) in [5.74, 6) is 0. The number of hydrogen-bond acceptors (Lipinski definition) is 4. The van der Waals surface area contributed by atoms with Gasteiger partial charge in [0.1, 0.15) is 0 Å². The topological polar surface area (TPSA) is 69.9 Å². The average Bonchev–Trinajstić information content (AvgIpc) is 2.13. The maximum absolute atomic E-state index is 8.36. The zero-order valence-electron chi connectivity index (χ0n) is 6.47. The molecule has 1 rings (SSSR count). The Morgan fingerprint density at radius 3 is 1.82 bits per heavy atom. The Morgan fingerprint density at radius 1 is 1.45 bits per heavy atom. The molecule has 0 radical (unpaired) electrons. The van der Waals surface area contributed by atoms with Gasteiger partial charge in [0, 0.05) is 26.5 Å². The van der Waals surface area contributed by atoms with Crippen LogP contribution in [0.4, 0.5) is 0 Å². The molecule has 0 aromatic rings. The predicted molar refractivity (Wildman–Crippen MR) is 38.3 cm³/mol. The first-order valence-corrected chi connectivity index (χ1v) is 2.94. The summed E-state index contributed by atoms with van der Waals surface area (Å²) in [5.41, 5.74) is 0. The summed E-state index contributed by atoms with van der Waals surface area (Å²) in [7, 11) is 4.11. The van der Waals surface area contributed by atoms with Crippen LogP contribution in [0, 0.1) is 10.1 Å². The minimum Gasteiger partial charge on any atom is -0.362 e. The molecule has 0 aromatic heterocycles. The molecular formula is C5H11N3O3. The van der Waals surface area contributed by atoms with E-state index in [4.69, 9.17) is 15.3 Å². The first-order chi connectivity index (χ1) is 5.02. The Balaban J connectivity index is 0.000000218. The Hall–Kier alpha value is -1.46. The Labute approximate surface area is 64.4 Å². The van der Waals surface area contributed by atoms with Crippen molar-refractivity contribution in [3.05, 3.63) is 22.5 Å². The second kappa shape index (κ2) is 4.37. The van der Waals surface area contributed by atoms with Gasteiger partial charge < -0.3 is 15.0 Å². The van der Waals surface area contributed by atoms with E-state index in [-0.39, 0.29) is 0 Å². The van der Waals surface area contributed by atoms with Crippen molar-refractivity contribution >= 4 is 0 Å². The fourth-order valence-corrected chi connectivity index (χ4v) is 0.674. The van der Waals surface area contributed by atoms with Crippen LogP contribution in [0.2, 0.25) is 0 Å². The van der Waals surface area contributed by atoms with Crippen LogP contribution in [0.5, 0.6) is 0 Å². The highest BCUT2D eigenvalue weighted by atomic mass is 16.9. The summed E-state index contributed by atoms with van der Waals surface area (Å²) in [5, 5.41) is 13.6. The van der Waals surface area contributed by atoms with Gasteiger partial charge in [-0.25, -0.2) is 0 Å². The molecular weight excluding hydrogens is 150 g/mol. The molecule has 1 N–H and O–H groups in total. The molecule has 6 heteroatoms. The smallest absolute Gasteiger partial charge is 0.291 e. The number of hydrogen-bond donors (Lipinski definition) is 1. The summed E-state index contributed by atoms with van der Waals surface area (Å²) in [6.07, 6.45) is 4.11. The molecule has 0 atom stereocenters. The SMILES string of the molecule is CN1C=CN(C)C1.O=[N+]([O-])O. The van der Waals surface area contributed by atoms with E-state index in [0.717, 1.165) is 6.67 Å². The molecule has 1 aliphatic heterocycles. The molecule has 0 bridgehead atoms. The van der Waals surface area contributed by atoms with Crippen molar-refractivity contribution < 1.29 is 10.3 Å². The number of nitrogens with zero attached hydrogens (tertiary/aromatic N) is 3. The normalized spacial score (nSPS) is 14.4. The minimum atomic E-state index is -1.50. The highest BCUT2D eigenvalue weighted by molar-refractivity contribution is 4.85. The molecule has 0 unspecified atom stereocenters. The molecule has 1 aliphatic rings. The van der Waals surface area contributed by atoms with E-state index in [1.807, 2.05) is 0 Å². The molecule has 0 aromatic carbocycles. The first kappa shape index (κ1) is 9.54. The summed E-state index contributed by atoms with van der Waals surface area (Å²) in [4.78, 5) is 12.6. The molecule has 0 spiro atoms. The second-order valence-electron chi connectivity index (χ2n) is 2.19. The van der Waals surface area contributed by atoms with Gasteiger partial charge in [0.05, 0.1) is 6.67 Å². The second-order valence-corrected chi connectivity index (χ2v) is 2.19. The van der Waals surface area contributed by atoms with Crippen LogP contribution in [0.25, 0.3) is 0 Å². The van der Waals surface area contributed by atoms with Crippen molar-refractivity contribution in [1.29, 1.82) is 0 Å². The lowest BCUT2D eigenvalue weighted by molar-refractivity contribution is -0.742. The van der Waals surface area contributed by atoms with Crippen LogP contribution in [0.3, 0.4) is 0 Å². The van der Waals surface area contributed by atoms with Crippen molar-refractivity contribution in [2.45, 2.75) is 0 Å². The maximum Gasteiger partial charge on any atom is 0.291 e. The first-order valence-electron chi connectivity index (χ1n) is 2.94. The van der Waals surface area contributed by atoms with E-state index in [9.17, 15) is 0 Å². The minimum absolute atomic E-state index is 1.03. The monoisotopic (exact) mass is 161 g/mol. The van der Waals surface area contributed by atoms with Gasteiger partial charge in [-0.05, 0) is 0 Å². The quantitative estimate of drug-likeness (QED) is 0.398. The van der Waals surface area contributed by atoms with E-state index in [1.165, 1.54) is 0 Å². The van der Waals surface area contributed by atoms with Gasteiger partial charge in [0.2, 0.25) is 0 Å². The lowest BCUT2D eigenvalue weighted by atomic mass is 10.9. The third-order valence-corrected chi connectivity index (χ3v) is 1.02. The Morgan fingerprint density at radius 2 is 1.73 bits per heavy atom. The fourth-order valence-electron chi connectivity index (χ4n) is 0.674. The standard InChI is InChI=1S/C5H10N2.HNO3/c1-6-3-4-7(2)5-6;2-1(3)4/h3-4H,5H2,1-2H3;(H,2,3,4). The van der Waals surface area contributed by atoms with E-state index in [1.54, 1.807) is 0 Å². The van der Waals surface area contributed by atoms with E-state index in [2.05, 4.69) is 36.3 Å². The van der Waals surface area contributed by atoms with Crippen LogP contribution < -0.4 is 0 Å². The van der Waals surface area contributed by atoms with Crippen LogP contribution in [-0.2, 0) is 0 Å². The van der Waals surface area contributed by atoms with Gasteiger partial charge >= 0.3 is 0 Å². The van der Waals surface area contributed by atoms with Crippen molar-refractivity contribution in [2.75, 3.05) is 20.8 Å². The summed E-state index contributed by atoms with van der Waals surface area (Å²) in [6.45, 7) is 1.03. The summed E-state index contributed by atoms with van der Waals surface area (Å²) in [6, 6.07) is 0. The van der Waals surface area contributed by atoms with Crippen molar-refractivity contribution in [2.24, 2.45) is 0 Å². The van der Waals surface area contributed by atoms with Crippen LogP contribution in [0.15, 0.2) is 12.4 Å². The lowest BCUT2D eigenvalue weighted by Gasteiger charge is -2.10. The fraction of sp³-hybridized carbons (Fsp3) is 0.600. The molecule has 0 aliphatic carbocycles. The van der Waals surface area contributed by atoms with Crippen molar-refractivity contribution in [3.63, 3.8) is 0 Å². The van der Waals surface area contributed by atoms with Crippen LogP contribution in [-0.4, -0.2) is 40.9 Å². The molecule has 0 amide bonds. The summed E-state index contributed by atoms with van der Waals surface area (Å²) < 4.78 is 0. The van der Waals surface area contributed by atoms with Crippen LogP contribution in [0.1, 0.15) is 0 Å². The molecule has 11 heavy (non-hydrogen) atoms. The summed E-state index contributed by atoms with van der Waals surface area (Å²) >= 11 is 0. The maximum atomic E-state index is 8.36. The molecule has 6 nitrogen and oxygen atoms in total. The number of rotatable bonds is 0. The highest BCUT2D eigenvalue weighted by Gasteiger charge is 1.99. The van der Waals surface area contributed by atoms with E-state index >= 15 is 0 Å². The third kappa shape index (κ3) is 6.42. The van der Waals surface area contributed by atoms with E-state index < -0.39 is 5.09 Å². The van der Waals surface area contributed by atoms with Crippen molar-refractivity contribution in [3.8, 4) is 0 Å². The van der Waals surface area contributed by atoms with Gasteiger partial charge in [0.25, 0.3) is 5.09 Å². The van der Waals surface area contributed by atoms with E-state index in [0.29, 0.717) is 0 Å². The molecule has 0 fully saturated rings. The van der Waals surface area contributed by atoms with Gasteiger partial charge in [-0.1, -0.05) is 0 Å². The molecule has 64 valence electrons. The van der Waals surface area contributed by atoms with Crippen molar-refractivity contribution in [1.82, 2.24) is 9.80 Å². The van der Waals surface area contributed by atoms with Gasteiger partial charge in [-0.15, -0.1) is 10.1 Å². The Kier molecular flexibility index (Phi) is 3.79. The van der Waals surface area contributed by atoms with Gasteiger partial charge in [0.15, 0.2) is 0 Å². The molecule has 1 heterocycles. The zero-order valence-corrected chi connectivity index (χ0v) is 6.47. The zero-order chi connectivity index (χ0) is 8.85. The Bertz CT molecular complexity index is 145. The van der Waals surface area contributed by atoms with Gasteiger partial charge in [-0.3, -0.25) is 0 Å². The van der Waals surface area contributed by atoms with Gasteiger partial charge in [-0.2, -0.15) is 0 Å². The van der Waals surface area contributed by atoms with Crippen LogP contribution >= 0.6 is 0 Å². The third-order valence-electron chi connectivity index (χ3n) is 1.02. The predicted octanol–water partition coefficient (Wildman–Crippen LogP) is -0.0554. The lowest BCUT2D eigenvalue weighted by Crippen LogP contribution is -2.17. The molecule has 0 saturated carbocycles. The average molecular weight is 161 g/mol. The highest BCUT2D eigenvalue weighted by Crippen LogP contribution is 1.97.